The molecule has 13 heavy (non-hydrogen) atoms. The van der Waals surface area contributed by atoms with E-state index in [1.165, 1.54) is 38.5 Å². The Morgan fingerprint density at radius 2 is 2.23 bits per heavy atom. The van der Waals surface area contributed by atoms with E-state index < -0.39 is 0 Å². The van der Waals surface area contributed by atoms with Gasteiger partial charge in [-0.25, -0.2) is 0 Å². The van der Waals surface area contributed by atoms with Crippen LogP contribution in [0.15, 0.2) is 0 Å². The molecule has 1 saturated heterocycles. The summed E-state index contributed by atoms with van der Waals surface area (Å²) in [5, 5.41) is 0. The van der Waals surface area contributed by atoms with Gasteiger partial charge in [-0.15, -0.1) is 0 Å². The van der Waals surface area contributed by atoms with Crippen LogP contribution in [0.2, 0.25) is 0 Å². The van der Waals surface area contributed by atoms with Crippen LogP contribution in [0.5, 0.6) is 0 Å². The van der Waals surface area contributed by atoms with Crippen molar-refractivity contribution in [2.75, 3.05) is 6.54 Å². The largest absolute Gasteiger partial charge is 0.370 e. The quantitative estimate of drug-likeness (QED) is 0.711. The molecule has 1 saturated carbocycles. The fraction of sp³-hybridized carbons (Fsp3) is 1.00. The molecule has 2 N–H and O–H groups in total. The van der Waals surface area contributed by atoms with Crippen molar-refractivity contribution in [2.24, 2.45) is 11.7 Å². The predicted octanol–water partition coefficient (Wildman–Crippen LogP) is 2.07. The third-order valence-electron chi connectivity index (χ3n) is 3.94. The van der Waals surface area contributed by atoms with E-state index in [0.717, 1.165) is 5.92 Å². The lowest BCUT2D eigenvalue weighted by molar-refractivity contribution is -0.0632. The second kappa shape index (κ2) is 3.58. The summed E-state index contributed by atoms with van der Waals surface area (Å²) in [5.74, 6) is 0.809. The zero-order chi connectivity index (χ0) is 9.31. The number of hydrogen-bond donors (Lipinski definition) is 1. The van der Waals surface area contributed by atoms with Gasteiger partial charge in [-0.3, -0.25) is 0 Å². The summed E-state index contributed by atoms with van der Waals surface area (Å²) in [6.45, 7) is 3.00. The van der Waals surface area contributed by atoms with Gasteiger partial charge in [0, 0.05) is 6.54 Å². The zero-order valence-corrected chi connectivity index (χ0v) is 8.59. The molecule has 0 radical (unpaired) electrons. The second-order valence-corrected chi connectivity index (χ2v) is 4.58. The van der Waals surface area contributed by atoms with Crippen LogP contribution in [-0.2, 0) is 4.74 Å². The molecule has 0 aromatic rings. The molecule has 2 nitrogen and oxygen atoms in total. The number of nitrogens with two attached hydrogens (primary N) is 1. The minimum absolute atomic E-state index is 0.249. The van der Waals surface area contributed by atoms with Crippen LogP contribution in [0.4, 0.5) is 0 Å². The van der Waals surface area contributed by atoms with E-state index in [2.05, 4.69) is 6.92 Å². The molecule has 1 aliphatic carbocycles. The van der Waals surface area contributed by atoms with Crippen LogP contribution in [0.3, 0.4) is 0 Å². The van der Waals surface area contributed by atoms with Gasteiger partial charge in [0.2, 0.25) is 0 Å². The zero-order valence-electron chi connectivity index (χ0n) is 8.59. The van der Waals surface area contributed by atoms with Crippen molar-refractivity contribution in [1.29, 1.82) is 0 Å². The molecule has 2 heteroatoms. The fourth-order valence-electron chi connectivity index (χ4n) is 3.20. The third-order valence-corrected chi connectivity index (χ3v) is 3.94. The summed E-state index contributed by atoms with van der Waals surface area (Å²) in [6, 6.07) is 0. The smallest absolute Gasteiger partial charge is 0.0715 e. The predicted molar refractivity (Wildman–Crippen MR) is 53.5 cm³/mol. The fourth-order valence-corrected chi connectivity index (χ4v) is 3.20. The van der Waals surface area contributed by atoms with Crippen molar-refractivity contribution in [1.82, 2.24) is 0 Å². The summed E-state index contributed by atoms with van der Waals surface area (Å²) >= 11 is 0. The molecule has 0 aromatic heterocycles. The van der Waals surface area contributed by atoms with E-state index in [1.807, 2.05) is 0 Å². The van der Waals surface area contributed by atoms with E-state index in [-0.39, 0.29) is 5.60 Å². The van der Waals surface area contributed by atoms with Gasteiger partial charge in [-0.1, -0.05) is 19.8 Å². The first-order valence-corrected chi connectivity index (χ1v) is 5.68. The van der Waals surface area contributed by atoms with Gasteiger partial charge < -0.3 is 10.5 Å². The van der Waals surface area contributed by atoms with E-state index in [4.69, 9.17) is 10.5 Å². The first kappa shape index (κ1) is 9.47. The van der Waals surface area contributed by atoms with Gasteiger partial charge in [0.05, 0.1) is 11.7 Å². The van der Waals surface area contributed by atoms with Crippen LogP contribution in [0.1, 0.15) is 45.4 Å². The van der Waals surface area contributed by atoms with Crippen molar-refractivity contribution in [3.8, 4) is 0 Å². The lowest BCUT2D eigenvalue weighted by atomic mass is 9.86. The molecule has 76 valence electrons. The number of rotatable bonds is 2. The van der Waals surface area contributed by atoms with Gasteiger partial charge in [-0.05, 0) is 31.6 Å². The lowest BCUT2D eigenvalue weighted by Crippen LogP contribution is -2.34. The first-order chi connectivity index (χ1) is 6.30. The van der Waals surface area contributed by atoms with Gasteiger partial charge in [0.15, 0.2) is 0 Å². The van der Waals surface area contributed by atoms with Crippen molar-refractivity contribution in [3.05, 3.63) is 0 Å². The Hall–Kier alpha value is -0.0800. The molecular formula is C11H21NO. The molecule has 0 unspecified atom stereocenters. The maximum Gasteiger partial charge on any atom is 0.0715 e. The molecule has 0 aromatic carbocycles. The Bertz CT molecular complexity index is 183. The highest BCUT2D eigenvalue weighted by atomic mass is 16.5. The molecule has 0 bridgehead atoms. The molecule has 2 rings (SSSR count). The highest BCUT2D eigenvalue weighted by Crippen LogP contribution is 2.48. The minimum Gasteiger partial charge on any atom is -0.370 e. The molecule has 1 heterocycles. The molecule has 1 aliphatic heterocycles. The van der Waals surface area contributed by atoms with Crippen molar-refractivity contribution in [2.45, 2.75) is 57.2 Å². The minimum atomic E-state index is 0.249. The van der Waals surface area contributed by atoms with Crippen molar-refractivity contribution >= 4 is 0 Å². The monoisotopic (exact) mass is 183 g/mol. The van der Waals surface area contributed by atoms with Crippen molar-refractivity contribution < 1.29 is 4.74 Å². The lowest BCUT2D eigenvalue weighted by Gasteiger charge is -2.30. The second-order valence-electron chi connectivity index (χ2n) is 4.58. The van der Waals surface area contributed by atoms with Gasteiger partial charge >= 0.3 is 0 Å². The van der Waals surface area contributed by atoms with Gasteiger partial charge in [0.1, 0.15) is 0 Å². The first-order valence-electron chi connectivity index (χ1n) is 5.68. The van der Waals surface area contributed by atoms with Crippen LogP contribution in [-0.4, -0.2) is 18.2 Å². The number of ether oxygens (including phenoxy) is 1. The van der Waals surface area contributed by atoms with Crippen LogP contribution in [0.25, 0.3) is 0 Å². The normalized spacial score (nSPS) is 44.8. The van der Waals surface area contributed by atoms with E-state index in [9.17, 15) is 0 Å². The standard InChI is InChI=1S/C11H21NO/c1-2-9-4-3-6-11(9)7-5-10(8-12)13-11/h9-10H,2-8,12H2,1H3/t9-,10+,11-/m1/s1. The Morgan fingerprint density at radius 1 is 1.38 bits per heavy atom. The van der Waals surface area contributed by atoms with E-state index in [0.29, 0.717) is 12.6 Å². The van der Waals surface area contributed by atoms with E-state index >= 15 is 0 Å². The summed E-state index contributed by atoms with van der Waals surface area (Å²) in [4.78, 5) is 0. The van der Waals surface area contributed by atoms with Gasteiger partial charge in [-0.2, -0.15) is 0 Å². The van der Waals surface area contributed by atoms with Gasteiger partial charge in [0.25, 0.3) is 0 Å². The summed E-state index contributed by atoms with van der Waals surface area (Å²) < 4.78 is 6.14. The summed E-state index contributed by atoms with van der Waals surface area (Å²) in [7, 11) is 0. The molecule has 3 atom stereocenters. The third kappa shape index (κ3) is 1.50. The average molecular weight is 183 g/mol. The maximum absolute atomic E-state index is 6.14. The SMILES string of the molecule is CC[C@@H]1CCC[C@@]12CC[C@@H](CN)O2. The Labute approximate surface area is 80.8 Å². The Morgan fingerprint density at radius 3 is 2.85 bits per heavy atom. The summed E-state index contributed by atoms with van der Waals surface area (Å²) in [6.07, 6.45) is 8.08. The average Bonchev–Trinajstić information content (AvgIpc) is 2.74. The Balaban J connectivity index is 2.04. The molecule has 2 aliphatic rings. The Kier molecular flexibility index (Phi) is 2.61. The highest BCUT2D eigenvalue weighted by Gasteiger charge is 2.47. The molecule has 1 spiro atoms. The molecule has 0 amide bonds. The maximum atomic E-state index is 6.14. The number of hydrogen-bond acceptors (Lipinski definition) is 2. The van der Waals surface area contributed by atoms with Crippen LogP contribution in [0, 0.1) is 5.92 Å². The van der Waals surface area contributed by atoms with Crippen LogP contribution < -0.4 is 5.73 Å². The molecular weight excluding hydrogens is 162 g/mol. The molecule has 2 fully saturated rings. The topological polar surface area (TPSA) is 35.2 Å². The van der Waals surface area contributed by atoms with Crippen LogP contribution >= 0.6 is 0 Å². The highest BCUT2D eigenvalue weighted by molar-refractivity contribution is 4.98. The van der Waals surface area contributed by atoms with Crippen molar-refractivity contribution in [3.63, 3.8) is 0 Å². The van der Waals surface area contributed by atoms with E-state index in [1.54, 1.807) is 0 Å². The summed E-state index contributed by atoms with van der Waals surface area (Å²) in [5.41, 5.74) is 5.90.